The van der Waals surface area contributed by atoms with Crippen LogP contribution in [0.2, 0.25) is 0 Å². The number of nitrogens with zero attached hydrogens (tertiary/aromatic N) is 1. The van der Waals surface area contributed by atoms with Crippen LogP contribution in [0.3, 0.4) is 0 Å². The quantitative estimate of drug-likeness (QED) is 0.438. The predicted octanol–water partition coefficient (Wildman–Crippen LogP) is 5.35. The topological polar surface area (TPSA) is 57.4 Å². The first kappa shape index (κ1) is 20.3. The van der Waals surface area contributed by atoms with Gasteiger partial charge in [0.15, 0.2) is 0 Å². The molecule has 1 aliphatic rings. The number of hydrogen-bond acceptors (Lipinski definition) is 3. The van der Waals surface area contributed by atoms with Crippen LogP contribution < -0.4 is 10.1 Å². The fraction of sp³-hybridized carbons (Fsp3) is 0.222. The van der Waals surface area contributed by atoms with E-state index in [0.717, 1.165) is 54.9 Å². The molecule has 1 aliphatic heterocycles. The Morgan fingerprint density at radius 3 is 2.41 bits per heavy atom. The number of carbonyl (C=O) groups is 1. The van der Waals surface area contributed by atoms with E-state index >= 15 is 0 Å². The monoisotopic (exact) mass is 425 g/mol. The van der Waals surface area contributed by atoms with Gasteiger partial charge in [0.25, 0.3) is 5.91 Å². The maximum absolute atomic E-state index is 12.9. The van der Waals surface area contributed by atoms with E-state index in [4.69, 9.17) is 4.74 Å². The lowest BCUT2D eigenvalue weighted by Crippen LogP contribution is -2.44. The summed E-state index contributed by atoms with van der Waals surface area (Å²) in [6.45, 7) is 2.94. The van der Waals surface area contributed by atoms with E-state index in [2.05, 4.69) is 39.5 Å². The number of fused-ring (bicyclic) bond motifs is 1. The summed E-state index contributed by atoms with van der Waals surface area (Å²) in [5.74, 6) is 1.45. The number of aromatic nitrogens is 1. The molecule has 0 radical (unpaired) electrons. The number of amides is 1. The minimum absolute atomic E-state index is 0.0617. The van der Waals surface area contributed by atoms with E-state index in [1.54, 1.807) is 0 Å². The SMILES string of the molecule is O=C(NC1CCN(Cc2ccccc2)CC1)c1cc2c(Oc3ccccc3)cccc2[nH]1. The minimum Gasteiger partial charge on any atom is -0.457 e. The van der Waals surface area contributed by atoms with E-state index in [0.29, 0.717) is 5.69 Å². The van der Waals surface area contributed by atoms with Crippen LogP contribution in [0.25, 0.3) is 10.9 Å². The zero-order valence-electron chi connectivity index (χ0n) is 18.0. The van der Waals surface area contributed by atoms with Crippen molar-refractivity contribution in [1.29, 1.82) is 0 Å². The van der Waals surface area contributed by atoms with Crippen molar-refractivity contribution < 1.29 is 9.53 Å². The molecule has 0 bridgehead atoms. The molecule has 5 nitrogen and oxygen atoms in total. The second kappa shape index (κ2) is 9.28. The molecule has 32 heavy (non-hydrogen) atoms. The summed E-state index contributed by atoms with van der Waals surface area (Å²) in [4.78, 5) is 18.6. The number of para-hydroxylation sites is 1. The van der Waals surface area contributed by atoms with E-state index in [1.165, 1.54) is 5.56 Å². The number of likely N-dealkylation sites (tertiary alicyclic amines) is 1. The zero-order valence-corrected chi connectivity index (χ0v) is 18.0. The molecule has 0 saturated carbocycles. The molecule has 1 fully saturated rings. The van der Waals surface area contributed by atoms with Gasteiger partial charge in [-0.1, -0.05) is 54.6 Å². The van der Waals surface area contributed by atoms with Crippen LogP contribution in [-0.2, 0) is 6.54 Å². The molecule has 1 aromatic heterocycles. The van der Waals surface area contributed by atoms with Crippen molar-refractivity contribution in [3.8, 4) is 11.5 Å². The standard InChI is InChI=1S/C27H27N3O2/c31-27(28-21-14-16-30(17-15-21)19-20-8-3-1-4-9-20)25-18-23-24(29-25)12-7-13-26(23)32-22-10-5-2-6-11-22/h1-13,18,21,29H,14-17,19H2,(H,28,31). The lowest BCUT2D eigenvalue weighted by molar-refractivity contribution is 0.0904. The number of benzene rings is 3. The van der Waals surface area contributed by atoms with Crippen LogP contribution in [0, 0.1) is 0 Å². The molecule has 0 unspecified atom stereocenters. The molecule has 0 spiro atoms. The molecule has 1 saturated heterocycles. The van der Waals surface area contributed by atoms with E-state index < -0.39 is 0 Å². The first-order chi connectivity index (χ1) is 15.7. The lowest BCUT2D eigenvalue weighted by atomic mass is 10.0. The highest BCUT2D eigenvalue weighted by Gasteiger charge is 2.22. The minimum atomic E-state index is -0.0617. The Bertz CT molecular complexity index is 1180. The maximum atomic E-state index is 12.9. The van der Waals surface area contributed by atoms with Gasteiger partial charge in [-0.05, 0) is 48.7 Å². The second-order valence-corrected chi connectivity index (χ2v) is 8.32. The van der Waals surface area contributed by atoms with Crippen LogP contribution in [-0.4, -0.2) is 34.9 Å². The van der Waals surface area contributed by atoms with Crippen molar-refractivity contribution >= 4 is 16.8 Å². The Balaban J connectivity index is 1.21. The molecule has 4 aromatic rings. The number of H-pyrrole nitrogens is 1. The van der Waals surface area contributed by atoms with Gasteiger partial charge in [0, 0.05) is 36.6 Å². The van der Waals surface area contributed by atoms with Crippen LogP contribution in [0.15, 0.2) is 84.9 Å². The Hall–Kier alpha value is -3.57. The third-order valence-electron chi connectivity index (χ3n) is 6.01. The highest BCUT2D eigenvalue weighted by molar-refractivity contribution is 5.99. The summed E-state index contributed by atoms with van der Waals surface area (Å²) >= 11 is 0. The van der Waals surface area contributed by atoms with E-state index in [9.17, 15) is 4.79 Å². The maximum Gasteiger partial charge on any atom is 0.267 e. The smallest absolute Gasteiger partial charge is 0.267 e. The Morgan fingerprint density at radius 2 is 1.66 bits per heavy atom. The van der Waals surface area contributed by atoms with Gasteiger partial charge < -0.3 is 15.0 Å². The van der Waals surface area contributed by atoms with Crippen molar-refractivity contribution in [2.45, 2.75) is 25.4 Å². The first-order valence-corrected chi connectivity index (χ1v) is 11.2. The summed E-state index contributed by atoms with van der Waals surface area (Å²) in [5, 5.41) is 4.11. The molecule has 1 amide bonds. The summed E-state index contributed by atoms with van der Waals surface area (Å²) in [7, 11) is 0. The normalized spacial score (nSPS) is 15.0. The summed E-state index contributed by atoms with van der Waals surface area (Å²) < 4.78 is 6.04. The van der Waals surface area contributed by atoms with E-state index in [-0.39, 0.29) is 11.9 Å². The van der Waals surface area contributed by atoms with Gasteiger partial charge in [0.2, 0.25) is 0 Å². The van der Waals surface area contributed by atoms with Gasteiger partial charge in [0.1, 0.15) is 17.2 Å². The fourth-order valence-corrected chi connectivity index (χ4v) is 4.29. The number of nitrogens with one attached hydrogen (secondary N) is 2. The second-order valence-electron chi connectivity index (χ2n) is 8.32. The van der Waals surface area contributed by atoms with Crippen molar-refractivity contribution in [2.24, 2.45) is 0 Å². The van der Waals surface area contributed by atoms with Crippen molar-refractivity contribution in [3.05, 3.63) is 96.2 Å². The van der Waals surface area contributed by atoms with Crippen molar-refractivity contribution in [2.75, 3.05) is 13.1 Å². The Kier molecular flexibility index (Phi) is 5.90. The van der Waals surface area contributed by atoms with Crippen LogP contribution in [0.1, 0.15) is 28.9 Å². The number of carbonyl (C=O) groups excluding carboxylic acids is 1. The van der Waals surface area contributed by atoms with E-state index in [1.807, 2.05) is 60.7 Å². The largest absolute Gasteiger partial charge is 0.457 e. The highest BCUT2D eigenvalue weighted by atomic mass is 16.5. The average Bonchev–Trinajstić information content (AvgIpc) is 3.28. The predicted molar refractivity (Wildman–Crippen MR) is 127 cm³/mol. The molecule has 0 aliphatic carbocycles. The molecule has 2 heterocycles. The number of rotatable bonds is 6. The van der Waals surface area contributed by atoms with Gasteiger partial charge in [-0.25, -0.2) is 0 Å². The van der Waals surface area contributed by atoms with Gasteiger partial charge in [0.05, 0.1) is 0 Å². The van der Waals surface area contributed by atoms with Gasteiger partial charge in [-0.2, -0.15) is 0 Å². The highest BCUT2D eigenvalue weighted by Crippen LogP contribution is 2.30. The lowest BCUT2D eigenvalue weighted by Gasteiger charge is -2.32. The van der Waals surface area contributed by atoms with Crippen LogP contribution >= 0.6 is 0 Å². The Morgan fingerprint density at radius 1 is 0.938 bits per heavy atom. The summed E-state index contributed by atoms with van der Waals surface area (Å²) in [6, 6.07) is 28.1. The molecular weight excluding hydrogens is 398 g/mol. The molecule has 5 rings (SSSR count). The van der Waals surface area contributed by atoms with Gasteiger partial charge in [-0.15, -0.1) is 0 Å². The first-order valence-electron chi connectivity index (χ1n) is 11.2. The molecule has 0 atom stereocenters. The zero-order chi connectivity index (χ0) is 21.8. The number of hydrogen-bond donors (Lipinski definition) is 2. The van der Waals surface area contributed by atoms with Crippen molar-refractivity contribution in [1.82, 2.24) is 15.2 Å². The van der Waals surface area contributed by atoms with Gasteiger partial charge in [-0.3, -0.25) is 9.69 Å². The molecule has 3 aromatic carbocycles. The van der Waals surface area contributed by atoms with Crippen LogP contribution in [0.5, 0.6) is 11.5 Å². The number of piperidine rings is 1. The average molecular weight is 426 g/mol. The summed E-state index contributed by atoms with van der Waals surface area (Å²) in [6.07, 6.45) is 1.92. The van der Waals surface area contributed by atoms with Crippen molar-refractivity contribution in [3.63, 3.8) is 0 Å². The number of aromatic amines is 1. The third-order valence-corrected chi connectivity index (χ3v) is 6.01. The van der Waals surface area contributed by atoms with Crippen LogP contribution in [0.4, 0.5) is 0 Å². The molecule has 2 N–H and O–H groups in total. The molecule has 162 valence electrons. The Labute approximate surface area is 188 Å². The third kappa shape index (κ3) is 4.68. The summed E-state index contributed by atoms with van der Waals surface area (Å²) in [5.41, 5.74) is 2.79. The molecular formula is C27H27N3O2. The van der Waals surface area contributed by atoms with Gasteiger partial charge >= 0.3 is 0 Å². The number of ether oxygens (including phenoxy) is 1. The fourth-order valence-electron chi connectivity index (χ4n) is 4.29. The molecule has 5 heteroatoms.